The lowest BCUT2D eigenvalue weighted by Crippen LogP contribution is -2.03. The molecule has 0 bridgehead atoms. The maximum Gasteiger partial charge on any atom is 0.176 e. The van der Waals surface area contributed by atoms with Crippen molar-refractivity contribution >= 4 is 21.4 Å². The summed E-state index contributed by atoms with van der Waals surface area (Å²) in [6, 6.07) is 21.2. The van der Waals surface area contributed by atoms with Crippen LogP contribution in [0.4, 0.5) is 0 Å². The molecule has 1 atom stereocenters. The van der Waals surface area contributed by atoms with Gasteiger partial charge in [-0.1, -0.05) is 47.5 Å². The molecule has 0 amide bonds. The average molecular weight is 479 g/mol. The van der Waals surface area contributed by atoms with Crippen LogP contribution in [0.1, 0.15) is 40.9 Å². The number of thiophene rings is 1. The van der Waals surface area contributed by atoms with Crippen molar-refractivity contribution in [1.29, 1.82) is 0 Å². The first-order valence-electron chi connectivity index (χ1n) is 11.6. The van der Waals surface area contributed by atoms with Gasteiger partial charge in [0.05, 0.1) is 5.92 Å². The minimum atomic E-state index is 0.0102. The minimum Gasteiger partial charge on any atom is -0.489 e. The van der Waals surface area contributed by atoms with Crippen LogP contribution in [0.2, 0.25) is 0 Å². The summed E-state index contributed by atoms with van der Waals surface area (Å²) in [4.78, 5) is 0. The molecule has 0 radical (unpaired) electrons. The number of aryl methyl sites for hydroxylation is 2. The van der Waals surface area contributed by atoms with Gasteiger partial charge in [-0.3, -0.25) is 0 Å². The Balaban J connectivity index is 1.32. The highest BCUT2D eigenvalue weighted by Crippen LogP contribution is 2.38. The Morgan fingerprint density at radius 3 is 2.54 bits per heavy atom. The van der Waals surface area contributed by atoms with Crippen LogP contribution in [-0.4, -0.2) is 20.6 Å². The van der Waals surface area contributed by atoms with E-state index in [0.29, 0.717) is 18.9 Å². The largest absolute Gasteiger partial charge is 0.489 e. The molecule has 0 aliphatic heterocycles. The van der Waals surface area contributed by atoms with Gasteiger partial charge in [0.2, 0.25) is 0 Å². The Morgan fingerprint density at radius 1 is 1.03 bits per heavy atom. The number of tetrazole rings is 1. The highest BCUT2D eigenvalue weighted by atomic mass is 32.1. The van der Waals surface area contributed by atoms with E-state index < -0.39 is 0 Å². The zero-order valence-corrected chi connectivity index (χ0v) is 20.8. The Bertz CT molecular complexity index is 1490. The normalized spacial score (nSPS) is 11.7. The smallest absolute Gasteiger partial charge is 0.176 e. The lowest BCUT2D eigenvalue weighted by atomic mass is 9.95. The van der Waals surface area contributed by atoms with Crippen molar-refractivity contribution in [3.8, 4) is 28.7 Å². The lowest BCUT2D eigenvalue weighted by Gasteiger charge is -2.12. The number of nitrogens with one attached hydrogen (secondary N) is 1. The van der Waals surface area contributed by atoms with E-state index in [9.17, 15) is 0 Å². The van der Waals surface area contributed by atoms with Crippen molar-refractivity contribution in [2.45, 2.75) is 39.7 Å². The van der Waals surface area contributed by atoms with Crippen LogP contribution in [-0.2, 0) is 13.0 Å². The Hall–Kier alpha value is -3.95. The number of benzene rings is 3. The summed E-state index contributed by atoms with van der Waals surface area (Å²) in [5, 5.41) is 17.8. The number of hydrogen-bond acceptors (Lipinski definition) is 5. The van der Waals surface area contributed by atoms with E-state index in [1.54, 1.807) is 11.3 Å². The second kappa shape index (κ2) is 10.1. The number of rotatable bonds is 7. The Kier molecular flexibility index (Phi) is 6.60. The molecule has 1 unspecified atom stereocenters. The topological polar surface area (TPSA) is 63.7 Å². The number of hydrogen-bond donors (Lipinski definition) is 1. The highest BCUT2D eigenvalue weighted by Gasteiger charge is 2.14. The van der Waals surface area contributed by atoms with E-state index in [1.165, 1.54) is 32.3 Å². The monoisotopic (exact) mass is 478 g/mol. The number of aromatic amines is 1. The molecular formula is C29H26N4OS. The summed E-state index contributed by atoms with van der Waals surface area (Å²) in [6.45, 7) is 6.72. The first-order chi connectivity index (χ1) is 17.1. The van der Waals surface area contributed by atoms with Crippen molar-refractivity contribution in [3.63, 3.8) is 0 Å². The van der Waals surface area contributed by atoms with Crippen LogP contribution >= 0.6 is 11.3 Å². The molecular weight excluding hydrogens is 452 g/mol. The third-order valence-corrected chi connectivity index (χ3v) is 7.13. The molecule has 1 N–H and O–H groups in total. The summed E-state index contributed by atoms with van der Waals surface area (Å²) < 4.78 is 7.43. The first kappa shape index (κ1) is 22.8. The van der Waals surface area contributed by atoms with Gasteiger partial charge in [0.15, 0.2) is 5.82 Å². The van der Waals surface area contributed by atoms with E-state index in [0.717, 1.165) is 16.9 Å². The number of nitrogens with zero attached hydrogens (tertiary/aromatic N) is 3. The summed E-state index contributed by atoms with van der Waals surface area (Å²) in [5.74, 6) is 7.75. The second-order valence-electron chi connectivity index (χ2n) is 8.58. The van der Waals surface area contributed by atoms with Crippen LogP contribution in [0, 0.1) is 25.7 Å². The highest BCUT2D eigenvalue weighted by molar-refractivity contribution is 7.17. The van der Waals surface area contributed by atoms with E-state index in [4.69, 9.17) is 4.74 Å². The van der Waals surface area contributed by atoms with Crippen LogP contribution in [0.3, 0.4) is 0 Å². The molecule has 0 saturated heterocycles. The summed E-state index contributed by atoms with van der Waals surface area (Å²) in [6.07, 6.45) is 0.612. The molecule has 174 valence electrons. The Morgan fingerprint density at radius 2 is 1.83 bits per heavy atom. The van der Waals surface area contributed by atoms with Crippen molar-refractivity contribution in [2.75, 3.05) is 0 Å². The standard InChI is InChI=1S/C29H26N4OS/c1-4-6-23(16-28-30-32-33-31-28)22-10-12-24(13-11-22)34-17-21-9-14-27-25(15-21)26(18-35-27)29-19(2)7-5-8-20(29)3/h5,7-15,18,23H,16-17H2,1-3H3,(H,30,31,32,33). The van der Waals surface area contributed by atoms with Gasteiger partial charge in [-0.25, -0.2) is 0 Å². The fraction of sp³-hybridized carbons (Fsp3) is 0.207. The van der Waals surface area contributed by atoms with Gasteiger partial charge in [-0.05, 0) is 78.2 Å². The maximum atomic E-state index is 6.14. The summed E-state index contributed by atoms with van der Waals surface area (Å²) >= 11 is 1.79. The minimum absolute atomic E-state index is 0.0102. The van der Waals surface area contributed by atoms with Crippen molar-refractivity contribution < 1.29 is 4.74 Å². The molecule has 0 aliphatic rings. The molecule has 0 fully saturated rings. The van der Waals surface area contributed by atoms with Crippen LogP contribution in [0.5, 0.6) is 5.75 Å². The van der Waals surface area contributed by atoms with Gasteiger partial charge in [-0.15, -0.1) is 27.5 Å². The third kappa shape index (κ3) is 4.96. The van der Waals surface area contributed by atoms with Gasteiger partial charge >= 0.3 is 0 Å². The molecule has 2 aromatic heterocycles. The molecule has 2 heterocycles. The molecule has 5 rings (SSSR count). The van der Waals surface area contributed by atoms with Crippen molar-refractivity contribution in [3.05, 3.63) is 94.1 Å². The summed E-state index contributed by atoms with van der Waals surface area (Å²) in [5.41, 5.74) is 7.50. The Labute approximate surface area is 209 Å². The van der Waals surface area contributed by atoms with Crippen LogP contribution < -0.4 is 4.74 Å². The van der Waals surface area contributed by atoms with Crippen LogP contribution in [0.25, 0.3) is 21.2 Å². The van der Waals surface area contributed by atoms with E-state index >= 15 is 0 Å². The van der Waals surface area contributed by atoms with Gasteiger partial charge in [0.1, 0.15) is 12.4 Å². The molecule has 0 spiro atoms. The van der Waals surface area contributed by atoms with E-state index in [-0.39, 0.29) is 5.92 Å². The number of ether oxygens (including phenoxy) is 1. The van der Waals surface area contributed by atoms with Crippen molar-refractivity contribution in [2.24, 2.45) is 0 Å². The van der Waals surface area contributed by atoms with Gasteiger partial charge in [-0.2, -0.15) is 5.21 Å². The summed E-state index contributed by atoms with van der Waals surface area (Å²) in [7, 11) is 0. The van der Waals surface area contributed by atoms with Gasteiger partial charge in [0, 0.05) is 22.1 Å². The zero-order valence-electron chi connectivity index (χ0n) is 20.0. The number of aromatic nitrogens is 4. The number of fused-ring (bicyclic) bond motifs is 1. The van der Waals surface area contributed by atoms with Gasteiger partial charge < -0.3 is 4.74 Å². The molecule has 0 aliphatic carbocycles. The molecule has 3 aromatic carbocycles. The van der Waals surface area contributed by atoms with Crippen LogP contribution in [0.15, 0.2) is 66.0 Å². The van der Waals surface area contributed by atoms with E-state index in [1.807, 2.05) is 19.1 Å². The zero-order chi connectivity index (χ0) is 24.2. The third-order valence-electron chi connectivity index (χ3n) is 6.17. The second-order valence-corrected chi connectivity index (χ2v) is 9.49. The predicted octanol–water partition coefficient (Wildman–Crippen LogP) is 6.63. The fourth-order valence-corrected chi connectivity index (χ4v) is 5.37. The first-order valence-corrected chi connectivity index (χ1v) is 12.4. The fourth-order valence-electron chi connectivity index (χ4n) is 4.44. The lowest BCUT2D eigenvalue weighted by molar-refractivity contribution is 0.306. The number of H-pyrrole nitrogens is 1. The van der Waals surface area contributed by atoms with Gasteiger partial charge in [0.25, 0.3) is 0 Å². The quantitative estimate of drug-likeness (QED) is 0.267. The molecule has 5 nitrogen and oxygen atoms in total. The maximum absolute atomic E-state index is 6.14. The SMILES string of the molecule is CC#CC(Cc1nn[nH]n1)c1ccc(OCc2ccc3scc(-c4c(C)cccc4C)c3c2)cc1. The average Bonchev–Trinajstić information content (AvgIpc) is 3.53. The van der Waals surface area contributed by atoms with E-state index in [2.05, 4.69) is 100 Å². The van der Waals surface area contributed by atoms with Crippen molar-refractivity contribution in [1.82, 2.24) is 20.6 Å². The molecule has 0 saturated carbocycles. The molecule has 35 heavy (non-hydrogen) atoms. The molecule has 5 aromatic rings. The molecule has 6 heteroatoms. The predicted molar refractivity (Wildman–Crippen MR) is 142 cm³/mol.